The Bertz CT molecular complexity index is 543. The summed E-state index contributed by atoms with van der Waals surface area (Å²) in [6.45, 7) is 6.94. The second-order valence-electron chi connectivity index (χ2n) is 11.0. The molecule has 0 radical (unpaired) electrons. The van der Waals surface area contributed by atoms with Crippen LogP contribution in [0.2, 0.25) is 0 Å². The van der Waals surface area contributed by atoms with Gasteiger partial charge in [0.15, 0.2) is 0 Å². The van der Waals surface area contributed by atoms with Gasteiger partial charge in [0.05, 0.1) is 0 Å². The lowest BCUT2D eigenvalue weighted by atomic mass is 9.90. The van der Waals surface area contributed by atoms with E-state index in [0.29, 0.717) is 0 Å². The fourth-order valence-electron chi connectivity index (χ4n) is 5.46. The molecule has 0 aromatic heterocycles. The Labute approximate surface area is 216 Å². The summed E-state index contributed by atoms with van der Waals surface area (Å²) in [4.78, 5) is 0. The summed E-state index contributed by atoms with van der Waals surface area (Å²) in [6, 6.07) is 7.27. The molecule has 0 unspecified atom stereocenters. The van der Waals surface area contributed by atoms with Gasteiger partial charge >= 0.3 is 0 Å². The number of hydrogen-bond donors (Lipinski definition) is 0. The number of unbranched alkanes of at least 4 members (excludes halogenated alkanes) is 19. The van der Waals surface area contributed by atoms with Crippen LogP contribution in [-0.4, -0.2) is 0 Å². The first kappa shape index (κ1) is 31.3. The van der Waals surface area contributed by atoms with Crippen molar-refractivity contribution in [2.24, 2.45) is 0 Å². The Morgan fingerprint density at radius 3 is 1.03 bits per heavy atom. The van der Waals surface area contributed by atoms with Crippen molar-refractivity contribution in [1.82, 2.24) is 0 Å². The van der Waals surface area contributed by atoms with Crippen molar-refractivity contribution < 1.29 is 0 Å². The highest BCUT2D eigenvalue weighted by molar-refractivity contribution is 5.36. The third-order valence-electron chi connectivity index (χ3n) is 7.75. The minimum Gasteiger partial charge on any atom is -0.0654 e. The fraction of sp³-hybridized carbons (Fsp3) is 0.824. The van der Waals surface area contributed by atoms with Crippen molar-refractivity contribution in [3.8, 4) is 0 Å². The highest BCUT2D eigenvalue weighted by atomic mass is 14.1. The Hall–Kier alpha value is -0.780. The molecule has 0 aliphatic carbocycles. The van der Waals surface area contributed by atoms with E-state index in [1.54, 1.807) is 16.7 Å². The van der Waals surface area contributed by atoms with Crippen molar-refractivity contribution >= 4 is 0 Å². The highest BCUT2D eigenvalue weighted by Gasteiger charge is 2.09. The van der Waals surface area contributed by atoms with E-state index in [2.05, 4.69) is 39.0 Å². The average Bonchev–Trinajstić information content (AvgIpc) is 2.85. The highest BCUT2D eigenvalue weighted by Crippen LogP contribution is 2.23. The fourth-order valence-corrected chi connectivity index (χ4v) is 5.46. The van der Waals surface area contributed by atoms with Crippen LogP contribution < -0.4 is 0 Å². The number of hydrogen-bond acceptors (Lipinski definition) is 0. The molecule has 1 aromatic carbocycles. The molecule has 0 amide bonds. The molecule has 0 saturated carbocycles. The standard InChI is InChI=1S/C34H62/c1-4-7-10-13-15-17-18-19-21-24-28-33-30-26-29-32(27-23-12-9-6-3)34(33)31-25-22-20-16-14-11-8-5-2/h26,29-30H,4-25,27-28,31H2,1-3H3. The van der Waals surface area contributed by atoms with Crippen LogP contribution in [0.15, 0.2) is 18.2 Å². The van der Waals surface area contributed by atoms with Gasteiger partial charge in [0.2, 0.25) is 0 Å². The van der Waals surface area contributed by atoms with Crippen LogP contribution in [0, 0.1) is 0 Å². The van der Waals surface area contributed by atoms with E-state index in [0.717, 1.165) is 0 Å². The van der Waals surface area contributed by atoms with Gasteiger partial charge < -0.3 is 0 Å². The molecule has 0 N–H and O–H groups in total. The normalized spacial score (nSPS) is 11.4. The predicted molar refractivity (Wildman–Crippen MR) is 156 cm³/mol. The van der Waals surface area contributed by atoms with Crippen LogP contribution in [0.4, 0.5) is 0 Å². The molecule has 0 fully saturated rings. The van der Waals surface area contributed by atoms with Crippen molar-refractivity contribution in [2.45, 2.75) is 181 Å². The van der Waals surface area contributed by atoms with Crippen molar-refractivity contribution in [2.75, 3.05) is 0 Å². The van der Waals surface area contributed by atoms with Crippen molar-refractivity contribution in [3.05, 3.63) is 34.9 Å². The van der Waals surface area contributed by atoms with Crippen molar-refractivity contribution in [1.29, 1.82) is 0 Å². The van der Waals surface area contributed by atoms with Gasteiger partial charge in [-0.1, -0.05) is 161 Å². The largest absolute Gasteiger partial charge is 0.0654 e. The smallest absolute Gasteiger partial charge is 0.0273 e. The molecule has 0 heteroatoms. The van der Waals surface area contributed by atoms with Crippen LogP contribution in [0.5, 0.6) is 0 Å². The van der Waals surface area contributed by atoms with Gasteiger partial charge in [-0.05, 0) is 55.2 Å². The Morgan fingerprint density at radius 2 is 0.647 bits per heavy atom. The molecule has 0 bridgehead atoms. The second-order valence-corrected chi connectivity index (χ2v) is 11.0. The maximum atomic E-state index is 2.46. The summed E-state index contributed by atoms with van der Waals surface area (Å²) in [7, 11) is 0. The number of aryl methyl sites for hydroxylation is 2. The van der Waals surface area contributed by atoms with Gasteiger partial charge in [-0.15, -0.1) is 0 Å². The molecule has 0 aliphatic heterocycles. The van der Waals surface area contributed by atoms with Crippen LogP contribution in [0.3, 0.4) is 0 Å². The van der Waals surface area contributed by atoms with Gasteiger partial charge in [-0.2, -0.15) is 0 Å². The molecule has 0 aliphatic rings. The quantitative estimate of drug-likeness (QED) is 0.125. The van der Waals surface area contributed by atoms with Crippen LogP contribution >= 0.6 is 0 Å². The molecular formula is C34H62. The number of benzene rings is 1. The third-order valence-corrected chi connectivity index (χ3v) is 7.75. The molecule has 198 valence electrons. The molecule has 1 aromatic rings. The Balaban J connectivity index is 2.41. The van der Waals surface area contributed by atoms with E-state index in [1.807, 2.05) is 0 Å². The first-order valence-electron chi connectivity index (χ1n) is 15.9. The van der Waals surface area contributed by atoms with Crippen LogP contribution in [0.25, 0.3) is 0 Å². The lowest BCUT2D eigenvalue weighted by molar-refractivity contribution is 0.555. The maximum absolute atomic E-state index is 2.46. The van der Waals surface area contributed by atoms with E-state index in [-0.39, 0.29) is 0 Å². The molecule has 0 nitrogen and oxygen atoms in total. The molecule has 1 rings (SSSR count). The molecule has 34 heavy (non-hydrogen) atoms. The van der Waals surface area contributed by atoms with Crippen molar-refractivity contribution in [3.63, 3.8) is 0 Å². The lowest BCUT2D eigenvalue weighted by Gasteiger charge is -2.16. The van der Waals surface area contributed by atoms with E-state index >= 15 is 0 Å². The molecule has 0 atom stereocenters. The SMILES string of the molecule is CCCCCCCCCCCCc1cccc(CCCCCC)c1CCCCCCCCCC. The Kier molecular flexibility index (Phi) is 22.0. The first-order chi connectivity index (χ1) is 16.8. The lowest BCUT2D eigenvalue weighted by Crippen LogP contribution is -2.02. The Morgan fingerprint density at radius 1 is 0.353 bits per heavy atom. The zero-order valence-electron chi connectivity index (χ0n) is 23.9. The topological polar surface area (TPSA) is 0 Å². The monoisotopic (exact) mass is 470 g/mol. The minimum absolute atomic E-state index is 1.30. The summed E-state index contributed by atoms with van der Waals surface area (Å²) >= 11 is 0. The zero-order valence-corrected chi connectivity index (χ0v) is 23.9. The van der Waals surface area contributed by atoms with E-state index in [4.69, 9.17) is 0 Å². The average molecular weight is 471 g/mol. The minimum atomic E-state index is 1.30. The first-order valence-corrected chi connectivity index (χ1v) is 15.9. The zero-order chi connectivity index (χ0) is 24.5. The third kappa shape index (κ3) is 16.8. The van der Waals surface area contributed by atoms with Gasteiger partial charge in [-0.25, -0.2) is 0 Å². The summed E-state index contributed by atoms with van der Waals surface area (Å²) in [6.07, 6.45) is 35.2. The summed E-state index contributed by atoms with van der Waals surface area (Å²) < 4.78 is 0. The second kappa shape index (κ2) is 23.9. The summed E-state index contributed by atoms with van der Waals surface area (Å²) in [5, 5.41) is 0. The van der Waals surface area contributed by atoms with Crippen LogP contribution in [-0.2, 0) is 19.3 Å². The van der Waals surface area contributed by atoms with Crippen LogP contribution in [0.1, 0.15) is 179 Å². The summed E-state index contributed by atoms with van der Waals surface area (Å²) in [5.74, 6) is 0. The van der Waals surface area contributed by atoms with Gasteiger partial charge in [0, 0.05) is 0 Å². The molecular weight excluding hydrogens is 408 g/mol. The number of rotatable bonds is 25. The van der Waals surface area contributed by atoms with E-state index in [1.165, 1.54) is 161 Å². The van der Waals surface area contributed by atoms with E-state index < -0.39 is 0 Å². The molecule has 0 spiro atoms. The maximum Gasteiger partial charge on any atom is -0.0273 e. The molecule has 0 saturated heterocycles. The van der Waals surface area contributed by atoms with Gasteiger partial charge in [-0.3, -0.25) is 0 Å². The van der Waals surface area contributed by atoms with Gasteiger partial charge in [0.25, 0.3) is 0 Å². The predicted octanol–water partition coefficient (Wildman–Crippen LogP) is 12.0. The summed E-state index contributed by atoms with van der Waals surface area (Å²) in [5.41, 5.74) is 5.13. The van der Waals surface area contributed by atoms with Gasteiger partial charge in [0.1, 0.15) is 0 Å². The van der Waals surface area contributed by atoms with E-state index in [9.17, 15) is 0 Å². The molecule has 0 heterocycles.